The molecule has 138 valence electrons. The first-order valence-corrected chi connectivity index (χ1v) is 9.68. The monoisotopic (exact) mass is 369 g/mol. The van der Waals surface area contributed by atoms with Gasteiger partial charge in [-0.05, 0) is 24.5 Å². The van der Waals surface area contributed by atoms with Gasteiger partial charge in [-0.2, -0.15) is 4.31 Å². The number of benzene rings is 1. The Balaban J connectivity index is 1.99. The fraction of sp³-hybridized carbons (Fsp3) is 0.562. The number of non-ortho nitro benzene ring substituents is 1. The Hall–Kier alpha value is -2.00. The van der Waals surface area contributed by atoms with E-state index in [9.17, 15) is 23.3 Å². The van der Waals surface area contributed by atoms with Gasteiger partial charge in [0, 0.05) is 44.7 Å². The highest BCUT2D eigenvalue weighted by atomic mass is 32.2. The summed E-state index contributed by atoms with van der Waals surface area (Å²) in [6.07, 6.45) is 1.30. The molecule has 0 unspecified atom stereocenters. The van der Waals surface area contributed by atoms with E-state index in [1.807, 2.05) is 0 Å². The number of rotatable bonds is 6. The normalized spacial score (nSPS) is 16.2. The molecule has 0 atom stereocenters. The molecule has 1 aliphatic rings. The molecule has 0 aromatic heterocycles. The van der Waals surface area contributed by atoms with Crippen molar-refractivity contribution in [1.29, 1.82) is 0 Å². The van der Waals surface area contributed by atoms with Gasteiger partial charge >= 0.3 is 0 Å². The van der Waals surface area contributed by atoms with E-state index < -0.39 is 14.9 Å². The topological polar surface area (TPSA) is 101 Å². The molecule has 1 aliphatic heterocycles. The maximum absolute atomic E-state index is 12.6. The van der Waals surface area contributed by atoms with Crippen LogP contribution < -0.4 is 0 Å². The summed E-state index contributed by atoms with van der Waals surface area (Å²) in [7, 11) is -3.71. The molecule has 9 heteroatoms. The maximum Gasteiger partial charge on any atom is 0.269 e. The first-order valence-electron chi connectivity index (χ1n) is 8.24. The SMILES string of the molecule is CC(C)CCC(=O)N1CCN(S(=O)(=O)c2ccc([N+](=O)[O-])cc2)CC1. The third kappa shape index (κ3) is 4.76. The summed E-state index contributed by atoms with van der Waals surface area (Å²) >= 11 is 0. The van der Waals surface area contributed by atoms with Crippen LogP contribution in [0.5, 0.6) is 0 Å². The molecule has 1 aromatic carbocycles. The number of hydrogen-bond acceptors (Lipinski definition) is 5. The van der Waals surface area contributed by atoms with Crippen LogP contribution in [-0.2, 0) is 14.8 Å². The van der Waals surface area contributed by atoms with E-state index >= 15 is 0 Å². The predicted octanol–water partition coefficient (Wildman–Crippen LogP) is 1.86. The van der Waals surface area contributed by atoms with Gasteiger partial charge in [0.05, 0.1) is 9.82 Å². The molecule has 1 saturated heterocycles. The molecule has 0 bridgehead atoms. The fourth-order valence-corrected chi connectivity index (χ4v) is 4.06. The third-order valence-electron chi connectivity index (χ3n) is 4.21. The number of hydrogen-bond donors (Lipinski definition) is 0. The minimum absolute atomic E-state index is 0.0256. The second-order valence-corrected chi connectivity index (χ2v) is 8.41. The van der Waals surface area contributed by atoms with E-state index in [-0.39, 0.29) is 29.6 Å². The standard InChI is InChI=1S/C16H23N3O5S/c1-13(2)3-8-16(20)17-9-11-18(12-10-17)25(23,24)15-6-4-14(5-7-15)19(21)22/h4-7,13H,3,8-12H2,1-2H3. The van der Waals surface area contributed by atoms with E-state index in [0.717, 1.165) is 6.42 Å². The second kappa shape index (κ2) is 7.92. The van der Waals surface area contributed by atoms with Crippen molar-refractivity contribution < 1.29 is 18.1 Å². The zero-order valence-electron chi connectivity index (χ0n) is 14.4. The Labute approximate surface area is 147 Å². The second-order valence-electron chi connectivity index (χ2n) is 6.47. The number of amides is 1. The van der Waals surface area contributed by atoms with Crippen LogP contribution in [0.2, 0.25) is 0 Å². The van der Waals surface area contributed by atoms with Crippen LogP contribution in [-0.4, -0.2) is 54.6 Å². The quantitative estimate of drug-likeness (QED) is 0.563. The van der Waals surface area contributed by atoms with Gasteiger partial charge in [0.25, 0.3) is 5.69 Å². The Bertz CT molecular complexity index is 723. The predicted molar refractivity (Wildman–Crippen MR) is 92.5 cm³/mol. The number of sulfonamides is 1. The van der Waals surface area contributed by atoms with E-state index in [0.29, 0.717) is 25.4 Å². The highest BCUT2D eigenvalue weighted by molar-refractivity contribution is 7.89. The Morgan fingerprint density at radius 2 is 1.72 bits per heavy atom. The minimum atomic E-state index is -3.71. The van der Waals surface area contributed by atoms with E-state index in [1.165, 1.54) is 28.6 Å². The van der Waals surface area contributed by atoms with Crippen LogP contribution in [0.1, 0.15) is 26.7 Å². The summed E-state index contributed by atoms with van der Waals surface area (Å²) in [4.78, 5) is 23.9. The molecule has 8 nitrogen and oxygen atoms in total. The molecule has 0 saturated carbocycles. The van der Waals surface area contributed by atoms with Crippen molar-refractivity contribution in [2.24, 2.45) is 5.92 Å². The Morgan fingerprint density at radius 3 is 2.20 bits per heavy atom. The molecule has 25 heavy (non-hydrogen) atoms. The Kier molecular flexibility index (Phi) is 6.12. The lowest BCUT2D eigenvalue weighted by Gasteiger charge is -2.34. The van der Waals surface area contributed by atoms with Gasteiger partial charge in [0.2, 0.25) is 15.9 Å². The summed E-state index contributed by atoms with van der Waals surface area (Å²) in [5.74, 6) is 0.508. The molecule has 0 aliphatic carbocycles. The molecular weight excluding hydrogens is 346 g/mol. The van der Waals surface area contributed by atoms with Gasteiger partial charge in [-0.15, -0.1) is 0 Å². The average molecular weight is 369 g/mol. The number of carbonyl (C=O) groups excluding carboxylic acids is 1. The number of nitro groups is 1. The van der Waals surface area contributed by atoms with Gasteiger partial charge in [-0.1, -0.05) is 13.8 Å². The zero-order valence-corrected chi connectivity index (χ0v) is 15.2. The van der Waals surface area contributed by atoms with Gasteiger partial charge < -0.3 is 4.90 Å². The summed E-state index contributed by atoms with van der Waals surface area (Å²) < 4.78 is 26.5. The van der Waals surface area contributed by atoms with E-state index in [1.54, 1.807) is 4.90 Å². The van der Waals surface area contributed by atoms with Crippen molar-refractivity contribution >= 4 is 21.6 Å². The summed E-state index contributed by atoms with van der Waals surface area (Å²) in [6, 6.07) is 4.85. The van der Waals surface area contributed by atoms with Gasteiger partial charge in [0.1, 0.15) is 0 Å². The molecule has 0 spiro atoms. The molecule has 1 aromatic rings. The number of nitro benzene ring substituents is 1. The summed E-state index contributed by atoms with van der Waals surface area (Å²) in [5, 5.41) is 10.7. The van der Waals surface area contributed by atoms with Crippen LogP contribution in [0.4, 0.5) is 5.69 Å². The van der Waals surface area contributed by atoms with Crippen molar-refractivity contribution in [2.45, 2.75) is 31.6 Å². The molecule has 1 heterocycles. The van der Waals surface area contributed by atoms with Crippen molar-refractivity contribution in [3.63, 3.8) is 0 Å². The van der Waals surface area contributed by atoms with Crippen molar-refractivity contribution in [3.8, 4) is 0 Å². The van der Waals surface area contributed by atoms with Crippen LogP contribution in [0, 0.1) is 16.0 Å². The molecule has 0 N–H and O–H groups in total. The molecule has 1 amide bonds. The van der Waals surface area contributed by atoms with Crippen molar-refractivity contribution in [2.75, 3.05) is 26.2 Å². The highest BCUT2D eigenvalue weighted by Gasteiger charge is 2.30. The van der Waals surface area contributed by atoms with E-state index in [2.05, 4.69) is 13.8 Å². The minimum Gasteiger partial charge on any atom is -0.340 e. The van der Waals surface area contributed by atoms with Gasteiger partial charge in [-0.3, -0.25) is 14.9 Å². The third-order valence-corrected chi connectivity index (χ3v) is 6.13. The fourth-order valence-electron chi connectivity index (χ4n) is 2.64. The summed E-state index contributed by atoms with van der Waals surface area (Å²) in [6.45, 7) is 5.30. The van der Waals surface area contributed by atoms with Crippen LogP contribution in [0.25, 0.3) is 0 Å². The Morgan fingerprint density at radius 1 is 1.16 bits per heavy atom. The molecule has 0 radical (unpaired) electrons. The lowest BCUT2D eigenvalue weighted by Crippen LogP contribution is -2.50. The van der Waals surface area contributed by atoms with Gasteiger partial charge in [0.15, 0.2) is 0 Å². The maximum atomic E-state index is 12.6. The number of nitrogens with zero attached hydrogens (tertiary/aromatic N) is 3. The highest BCUT2D eigenvalue weighted by Crippen LogP contribution is 2.21. The molecular formula is C16H23N3O5S. The number of piperazine rings is 1. The summed E-state index contributed by atoms with van der Waals surface area (Å²) in [5.41, 5.74) is -0.153. The van der Waals surface area contributed by atoms with Crippen molar-refractivity contribution in [1.82, 2.24) is 9.21 Å². The lowest BCUT2D eigenvalue weighted by molar-refractivity contribution is -0.384. The van der Waals surface area contributed by atoms with Gasteiger partial charge in [-0.25, -0.2) is 8.42 Å². The molecule has 2 rings (SSSR count). The van der Waals surface area contributed by atoms with Crippen LogP contribution >= 0.6 is 0 Å². The van der Waals surface area contributed by atoms with Crippen molar-refractivity contribution in [3.05, 3.63) is 34.4 Å². The van der Waals surface area contributed by atoms with E-state index in [4.69, 9.17) is 0 Å². The smallest absolute Gasteiger partial charge is 0.269 e. The largest absolute Gasteiger partial charge is 0.340 e. The van der Waals surface area contributed by atoms with Crippen LogP contribution in [0.15, 0.2) is 29.2 Å². The first kappa shape index (κ1) is 19.3. The van der Waals surface area contributed by atoms with Crippen LogP contribution in [0.3, 0.4) is 0 Å². The lowest BCUT2D eigenvalue weighted by atomic mass is 10.1. The first-order chi connectivity index (χ1) is 11.7. The number of carbonyl (C=O) groups is 1. The average Bonchev–Trinajstić information content (AvgIpc) is 2.59. The molecule has 1 fully saturated rings. The zero-order chi connectivity index (χ0) is 18.6.